The summed E-state index contributed by atoms with van der Waals surface area (Å²) in [4.78, 5) is 4.08. The van der Waals surface area contributed by atoms with Gasteiger partial charge in [0.2, 0.25) is 6.17 Å². The molecule has 2 aliphatic heterocycles. The highest BCUT2D eigenvalue weighted by molar-refractivity contribution is 5.94. The number of hydrogen-bond acceptors (Lipinski definition) is 4. The molecule has 0 amide bonds. The summed E-state index contributed by atoms with van der Waals surface area (Å²) in [6.07, 6.45) is 3.79. The molecule has 0 aromatic heterocycles. The van der Waals surface area contributed by atoms with E-state index in [4.69, 9.17) is 0 Å². The highest BCUT2D eigenvalue weighted by Gasteiger charge is 2.19. The van der Waals surface area contributed by atoms with Crippen molar-refractivity contribution in [2.75, 3.05) is 0 Å². The highest BCUT2D eigenvalue weighted by atomic mass is 15.4. The highest BCUT2D eigenvalue weighted by Crippen LogP contribution is 2.14. The van der Waals surface area contributed by atoms with E-state index in [1.807, 2.05) is 6.21 Å². The van der Waals surface area contributed by atoms with Crippen molar-refractivity contribution in [3.05, 3.63) is 0 Å². The van der Waals surface area contributed by atoms with E-state index in [9.17, 15) is 0 Å². The maximum atomic E-state index is 4.08. The van der Waals surface area contributed by atoms with E-state index in [1.165, 1.54) is 0 Å². The molecule has 0 saturated carbocycles. The molecule has 9 heavy (non-hydrogen) atoms. The molecule has 0 saturated heterocycles. The van der Waals surface area contributed by atoms with Gasteiger partial charge in [-0.25, -0.2) is 0 Å². The lowest BCUT2D eigenvalue weighted by atomic mass is 10.1. The summed E-state index contributed by atoms with van der Waals surface area (Å²) in [5.41, 5.74) is 1.01. The van der Waals surface area contributed by atoms with Gasteiger partial charge in [0.05, 0.1) is 5.71 Å². The van der Waals surface area contributed by atoms with Crippen LogP contribution in [0.25, 0.3) is 0 Å². The lowest BCUT2D eigenvalue weighted by molar-refractivity contribution is 0.845. The van der Waals surface area contributed by atoms with Crippen LogP contribution in [-0.2, 0) is 0 Å². The van der Waals surface area contributed by atoms with E-state index in [0.29, 0.717) is 0 Å². The molecule has 1 atom stereocenters. The lowest BCUT2D eigenvalue weighted by Gasteiger charge is -2.06. The van der Waals surface area contributed by atoms with Gasteiger partial charge in [-0.1, -0.05) is 0 Å². The number of hydrogen-bond donors (Lipinski definition) is 0. The van der Waals surface area contributed by atoms with Gasteiger partial charge in [0, 0.05) is 6.21 Å². The van der Waals surface area contributed by atoms with Crippen LogP contribution in [0, 0.1) is 0 Å². The predicted molar refractivity (Wildman–Crippen MR) is 33.8 cm³/mol. The summed E-state index contributed by atoms with van der Waals surface area (Å²) >= 11 is 0. The zero-order valence-corrected chi connectivity index (χ0v) is 4.86. The van der Waals surface area contributed by atoms with Crippen LogP contribution in [-0.4, -0.2) is 18.1 Å². The molecule has 0 radical (unpaired) electrons. The molecule has 0 N–H and O–H groups in total. The summed E-state index contributed by atoms with van der Waals surface area (Å²) in [7, 11) is 0. The second-order valence-electron chi connectivity index (χ2n) is 2.04. The number of fused-ring (bicyclic) bond motifs is 1. The van der Waals surface area contributed by atoms with Crippen molar-refractivity contribution in [2.24, 2.45) is 20.4 Å². The van der Waals surface area contributed by atoms with Crippen LogP contribution in [0.2, 0.25) is 0 Å². The van der Waals surface area contributed by atoms with Crippen molar-refractivity contribution in [3.63, 3.8) is 0 Å². The third kappa shape index (κ3) is 0.667. The Hall–Kier alpha value is -1.06. The Bertz CT molecular complexity index is 203. The van der Waals surface area contributed by atoms with Crippen molar-refractivity contribution in [2.45, 2.75) is 19.0 Å². The average Bonchev–Trinajstić information content (AvgIpc) is 2.33. The van der Waals surface area contributed by atoms with Gasteiger partial charge in [0.1, 0.15) is 0 Å². The smallest absolute Gasteiger partial charge is 0.201 e. The molecule has 2 rings (SSSR count). The van der Waals surface area contributed by atoms with Crippen LogP contribution in [0.1, 0.15) is 12.8 Å². The Labute approximate surface area is 52.4 Å². The minimum absolute atomic E-state index is 0.0567. The van der Waals surface area contributed by atoms with Crippen molar-refractivity contribution < 1.29 is 0 Å². The monoisotopic (exact) mass is 122 g/mol. The summed E-state index contributed by atoms with van der Waals surface area (Å²) in [6.45, 7) is 0. The summed E-state index contributed by atoms with van der Waals surface area (Å²) in [5, 5.41) is 11.1. The standard InChI is InChI=1S/C5H6N4/c1-2-4-5(6-3-1)8-9-7-4/h3,5H,1-2H2. The Morgan fingerprint density at radius 3 is 3.44 bits per heavy atom. The van der Waals surface area contributed by atoms with E-state index in [-0.39, 0.29) is 6.17 Å². The van der Waals surface area contributed by atoms with E-state index < -0.39 is 0 Å². The first-order chi connectivity index (χ1) is 4.47. The minimum Gasteiger partial charge on any atom is -0.263 e. The van der Waals surface area contributed by atoms with Gasteiger partial charge < -0.3 is 0 Å². The molecular formula is C5H6N4. The third-order valence-electron chi connectivity index (χ3n) is 1.41. The molecule has 0 aromatic rings. The molecule has 0 spiro atoms. The Morgan fingerprint density at radius 2 is 2.56 bits per heavy atom. The molecule has 2 heterocycles. The van der Waals surface area contributed by atoms with Gasteiger partial charge in [0.25, 0.3) is 0 Å². The summed E-state index contributed by atoms with van der Waals surface area (Å²) in [5.74, 6) is 0. The molecule has 2 aliphatic rings. The zero-order valence-electron chi connectivity index (χ0n) is 4.86. The normalized spacial score (nSPS) is 30.2. The Kier molecular flexibility index (Phi) is 0.913. The van der Waals surface area contributed by atoms with Crippen LogP contribution in [0.4, 0.5) is 0 Å². The first-order valence-electron chi connectivity index (χ1n) is 2.95. The van der Waals surface area contributed by atoms with Gasteiger partial charge in [-0.05, 0) is 18.1 Å². The number of aliphatic imine (C=N–C) groups is 1. The van der Waals surface area contributed by atoms with Gasteiger partial charge in [-0.3, -0.25) is 4.99 Å². The minimum atomic E-state index is -0.0567. The van der Waals surface area contributed by atoms with Crippen LogP contribution in [0.5, 0.6) is 0 Å². The largest absolute Gasteiger partial charge is 0.263 e. The molecule has 46 valence electrons. The van der Waals surface area contributed by atoms with Crippen LogP contribution in [0.3, 0.4) is 0 Å². The molecule has 1 unspecified atom stereocenters. The fourth-order valence-electron chi connectivity index (χ4n) is 0.932. The fraction of sp³-hybridized carbons (Fsp3) is 0.600. The third-order valence-corrected chi connectivity index (χ3v) is 1.41. The molecule has 4 nitrogen and oxygen atoms in total. The van der Waals surface area contributed by atoms with Crippen molar-refractivity contribution in [1.29, 1.82) is 0 Å². The zero-order chi connectivity index (χ0) is 6.10. The maximum absolute atomic E-state index is 4.08. The van der Waals surface area contributed by atoms with Crippen LogP contribution in [0.15, 0.2) is 20.4 Å². The van der Waals surface area contributed by atoms with Crippen molar-refractivity contribution in [1.82, 2.24) is 0 Å². The number of rotatable bonds is 0. The van der Waals surface area contributed by atoms with E-state index in [2.05, 4.69) is 20.4 Å². The van der Waals surface area contributed by atoms with Crippen LogP contribution >= 0.6 is 0 Å². The average molecular weight is 122 g/mol. The first kappa shape index (κ1) is 4.78. The molecule has 4 heteroatoms. The second-order valence-corrected chi connectivity index (χ2v) is 2.04. The van der Waals surface area contributed by atoms with Gasteiger partial charge >= 0.3 is 0 Å². The second kappa shape index (κ2) is 1.72. The molecule has 0 bridgehead atoms. The van der Waals surface area contributed by atoms with Crippen molar-refractivity contribution in [3.8, 4) is 0 Å². The van der Waals surface area contributed by atoms with Crippen molar-refractivity contribution >= 4 is 11.9 Å². The molecule has 0 fully saturated rings. The molecule has 0 aromatic carbocycles. The Balaban J connectivity index is 2.31. The Morgan fingerprint density at radius 1 is 1.56 bits per heavy atom. The van der Waals surface area contributed by atoms with E-state index in [1.54, 1.807) is 0 Å². The SMILES string of the molecule is C1=NC2N=NN=C2CC1. The van der Waals surface area contributed by atoms with Gasteiger partial charge in [-0.15, -0.1) is 10.2 Å². The topological polar surface area (TPSA) is 49.4 Å². The van der Waals surface area contributed by atoms with Gasteiger partial charge in [0.15, 0.2) is 0 Å². The fourth-order valence-corrected chi connectivity index (χ4v) is 0.932. The van der Waals surface area contributed by atoms with Crippen LogP contribution < -0.4 is 0 Å². The predicted octanol–water partition coefficient (Wildman–Crippen LogP) is 0.999. The molecular weight excluding hydrogens is 116 g/mol. The first-order valence-corrected chi connectivity index (χ1v) is 2.95. The van der Waals surface area contributed by atoms with E-state index in [0.717, 1.165) is 18.6 Å². The molecule has 0 aliphatic carbocycles. The van der Waals surface area contributed by atoms with Gasteiger partial charge in [-0.2, -0.15) is 0 Å². The number of nitrogens with zero attached hydrogens (tertiary/aromatic N) is 4. The summed E-state index contributed by atoms with van der Waals surface area (Å²) in [6, 6.07) is 0. The quantitative estimate of drug-likeness (QED) is 0.460. The maximum Gasteiger partial charge on any atom is 0.201 e. The van der Waals surface area contributed by atoms with E-state index >= 15 is 0 Å². The summed E-state index contributed by atoms with van der Waals surface area (Å²) < 4.78 is 0. The lowest BCUT2D eigenvalue weighted by Crippen LogP contribution is -2.16.